The minimum absolute atomic E-state index is 0.252. The first-order valence-electron chi connectivity index (χ1n) is 11.4. The number of carbonyl (C=O) groups excluding carboxylic acids is 2. The molecule has 5 aromatic rings. The van der Waals surface area contributed by atoms with Crippen molar-refractivity contribution in [3.8, 4) is 10.6 Å². The molecule has 0 radical (unpaired) electrons. The molecule has 5 rings (SSSR count). The average molecular weight is 510 g/mol. The molecule has 184 valence electrons. The Labute approximate surface area is 217 Å². The zero-order valence-electron chi connectivity index (χ0n) is 20.1. The van der Waals surface area contributed by atoms with Crippen molar-refractivity contribution < 1.29 is 14.3 Å². The van der Waals surface area contributed by atoms with Crippen LogP contribution in [0.5, 0.6) is 0 Å². The molecule has 3 aromatic carbocycles. The molecule has 0 saturated carbocycles. The van der Waals surface area contributed by atoms with Gasteiger partial charge < -0.3 is 21.1 Å². The minimum Gasteiger partial charge on any atom is -0.465 e. The van der Waals surface area contributed by atoms with E-state index in [0.717, 1.165) is 37.6 Å². The number of nitrogens with zero attached hydrogens (tertiary/aromatic N) is 2. The van der Waals surface area contributed by atoms with Crippen molar-refractivity contribution in [3.05, 3.63) is 95.7 Å². The number of nitrogens with one attached hydrogen (secondary N) is 2. The molecule has 4 N–H and O–H groups in total. The Hall–Kier alpha value is -4.76. The Morgan fingerprint density at radius 1 is 0.919 bits per heavy atom. The van der Waals surface area contributed by atoms with Crippen molar-refractivity contribution in [2.24, 2.45) is 0 Å². The molecule has 9 heteroatoms. The molecule has 1 amide bonds. The number of anilines is 4. The van der Waals surface area contributed by atoms with Gasteiger partial charge in [-0.2, -0.15) is 0 Å². The van der Waals surface area contributed by atoms with E-state index >= 15 is 0 Å². The highest BCUT2D eigenvalue weighted by Crippen LogP contribution is 2.39. The molecule has 0 aliphatic carbocycles. The number of fused-ring (bicyclic) bond motifs is 1. The molecule has 0 unspecified atom stereocenters. The second kappa shape index (κ2) is 10.1. The van der Waals surface area contributed by atoms with E-state index in [1.54, 1.807) is 41.8 Å². The maximum Gasteiger partial charge on any atom is 0.337 e. The summed E-state index contributed by atoms with van der Waals surface area (Å²) in [5, 5.41) is 7.44. The topological polar surface area (TPSA) is 119 Å². The highest BCUT2D eigenvalue weighted by molar-refractivity contribution is 7.22. The van der Waals surface area contributed by atoms with Gasteiger partial charge in [-0.05, 0) is 84.6 Å². The molecular weight excluding hydrogens is 486 g/mol. The Morgan fingerprint density at radius 2 is 1.65 bits per heavy atom. The second-order valence-corrected chi connectivity index (χ2v) is 9.35. The number of benzene rings is 3. The van der Waals surface area contributed by atoms with Gasteiger partial charge >= 0.3 is 5.97 Å². The average Bonchev–Trinajstić information content (AvgIpc) is 3.24. The van der Waals surface area contributed by atoms with Crippen LogP contribution in [0.2, 0.25) is 0 Å². The van der Waals surface area contributed by atoms with Gasteiger partial charge in [-0.15, -0.1) is 11.3 Å². The van der Waals surface area contributed by atoms with Crippen LogP contribution in [-0.2, 0) is 4.74 Å². The predicted molar refractivity (Wildman–Crippen MR) is 147 cm³/mol. The van der Waals surface area contributed by atoms with Gasteiger partial charge in [0, 0.05) is 33.5 Å². The molecule has 0 aliphatic rings. The minimum atomic E-state index is -0.448. The van der Waals surface area contributed by atoms with Crippen molar-refractivity contribution in [2.45, 2.75) is 6.92 Å². The van der Waals surface area contributed by atoms with Crippen LogP contribution in [0.15, 0.2) is 79.0 Å². The van der Waals surface area contributed by atoms with E-state index in [0.29, 0.717) is 16.8 Å². The van der Waals surface area contributed by atoms with Gasteiger partial charge in [0.2, 0.25) is 5.95 Å². The predicted octanol–water partition coefficient (Wildman–Crippen LogP) is 6.03. The number of carbonyl (C=O) groups is 2. The van der Waals surface area contributed by atoms with E-state index in [1.165, 1.54) is 7.11 Å². The zero-order valence-corrected chi connectivity index (χ0v) is 20.9. The van der Waals surface area contributed by atoms with Crippen LogP contribution in [0.25, 0.3) is 20.7 Å². The fraction of sp³-hybridized carbons (Fsp3) is 0.0714. The molecular formula is C28H23N5O3S. The summed E-state index contributed by atoms with van der Waals surface area (Å²) < 4.78 is 5.84. The quantitative estimate of drug-likeness (QED) is 0.239. The molecule has 0 atom stereocenters. The van der Waals surface area contributed by atoms with Crippen LogP contribution in [0.1, 0.15) is 26.3 Å². The first-order chi connectivity index (χ1) is 17.9. The molecule has 2 heterocycles. The number of nitrogens with two attached hydrogens (primary N) is 1. The Morgan fingerprint density at radius 3 is 2.41 bits per heavy atom. The van der Waals surface area contributed by atoms with Gasteiger partial charge in [0.15, 0.2) is 0 Å². The lowest BCUT2D eigenvalue weighted by atomic mass is 10.1. The van der Waals surface area contributed by atoms with Crippen LogP contribution >= 0.6 is 11.3 Å². The lowest BCUT2D eigenvalue weighted by molar-refractivity contribution is 0.0600. The first-order valence-corrected chi connectivity index (χ1v) is 12.2. The molecule has 8 nitrogen and oxygen atoms in total. The van der Waals surface area contributed by atoms with Crippen molar-refractivity contribution in [2.75, 3.05) is 23.5 Å². The third-order valence-corrected chi connectivity index (χ3v) is 7.12. The summed E-state index contributed by atoms with van der Waals surface area (Å²) in [6.07, 6.45) is 1.66. The van der Waals surface area contributed by atoms with E-state index in [9.17, 15) is 9.59 Å². The number of methoxy groups -OCH3 is 1. The van der Waals surface area contributed by atoms with E-state index < -0.39 is 5.97 Å². The lowest BCUT2D eigenvalue weighted by Gasteiger charge is -2.10. The maximum absolute atomic E-state index is 12.7. The highest BCUT2D eigenvalue weighted by Gasteiger charge is 2.13. The number of nitrogen functional groups attached to an aromatic ring is 1. The summed E-state index contributed by atoms with van der Waals surface area (Å²) in [6.45, 7) is 2.07. The molecule has 37 heavy (non-hydrogen) atoms. The number of rotatable bonds is 6. The largest absolute Gasteiger partial charge is 0.465 e. The molecule has 0 aliphatic heterocycles. The fourth-order valence-electron chi connectivity index (χ4n) is 3.96. The number of hydrogen-bond donors (Lipinski definition) is 3. The number of aromatic nitrogens is 2. The molecule has 0 fully saturated rings. The standard InChI is InChI=1S/C28H23N5O3S/c1-16-22-15-21(10-11-24(22)37-25(16)23-12-13-30-28(29)33-23)31-19-4-3-5-20(14-19)32-26(34)17-6-8-18(9-7-17)27(35)36-2/h3-15,31H,1-2H3,(H,32,34)(H2,29,30,33). The third-order valence-electron chi connectivity index (χ3n) is 5.82. The summed E-state index contributed by atoms with van der Waals surface area (Å²) in [5.41, 5.74) is 10.9. The highest BCUT2D eigenvalue weighted by atomic mass is 32.1. The normalized spacial score (nSPS) is 10.8. The SMILES string of the molecule is COC(=O)c1ccc(C(=O)Nc2cccc(Nc3ccc4sc(-c5ccnc(N)n5)c(C)c4c3)c2)cc1. The maximum atomic E-state index is 12.7. The molecule has 0 saturated heterocycles. The van der Waals surface area contributed by atoms with Crippen molar-refractivity contribution in [1.29, 1.82) is 0 Å². The first kappa shape index (κ1) is 24.0. The van der Waals surface area contributed by atoms with Crippen molar-refractivity contribution in [1.82, 2.24) is 9.97 Å². The summed E-state index contributed by atoms with van der Waals surface area (Å²) in [4.78, 5) is 33.7. The van der Waals surface area contributed by atoms with E-state index in [4.69, 9.17) is 10.5 Å². The summed E-state index contributed by atoms with van der Waals surface area (Å²) in [5.74, 6) is -0.472. The lowest BCUT2D eigenvalue weighted by Crippen LogP contribution is -2.12. The van der Waals surface area contributed by atoms with Crippen LogP contribution in [0.4, 0.5) is 23.0 Å². The Kier molecular flexibility index (Phi) is 6.53. The van der Waals surface area contributed by atoms with Crippen LogP contribution in [0.3, 0.4) is 0 Å². The van der Waals surface area contributed by atoms with Gasteiger partial charge in [0.05, 0.1) is 23.2 Å². The fourth-order valence-corrected chi connectivity index (χ4v) is 5.12. The second-order valence-electron chi connectivity index (χ2n) is 8.30. The number of ether oxygens (including phenoxy) is 1. The van der Waals surface area contributed by atoms with Crippen molar-refractivity contribution >= 4 is 56.3 Å². The summed E-state index contributed by atoms with van der Waals surface area (Å²) in [6, 6.07) is 21.8. The molecule has 2 aromatic heterocycles. The molecule has 0 spiro atoms. The smallest absolute Gasteiger partial charge is 0.337 e. The Bertz CT molecular complexity index is 1630. The van der Waals surface area contributed by atoms with Gasteiger partial charge in [-0.3, -0.25) is 4.79 Å². The van der Waals surface area contributed by atoms with E-state index in [-0.39, 0.29) is 11.9 Å². The number of amides is 1. The summed E-state index contributed by atoms with van der Waals surface area (Å²) in [7, 11) is 1.32. The molecule has 0 bridgehead atoms. The van der Waals surface area contributed by atoms with Crippen molar-refractivity contribution in [3.63, 3.8) is 0 Å². The van der Waals surface area contributed by atoms with Gasteiger partial charge in [-0.25, -0.2) is 14.8 Å². The van der Waals surface area contributed by atoms with Gasteiger partial charge in [-0.1, -0.05) is 6.07 Å². The zero-order chi connectivity index (χ0) is 25.9. The number of esters is 1. The van der Waals surface area contributed by atoms with Gasteiger partial charge in [0.1, 0.15) is 0 Å². The van der Waals surface area contributed by atoms with Crippen LogP contribution in [-0.4, -0.2) is 29.0 Å². The van der Waals surface area contributed by atoms with Gasteiger partial charge in [0.25, 0.3) is 5.91 Å². The Balaban J connectivity index is 1.33. The summed E-state index contributed by atoms with van der Waals surface area (Å²) >= 11 is 1.66. The van der Waals surface area contributed by atoms with E-state index in [2.05, 4.69) is 39.7 Å². The van der Waals surface area contributed by atoms with Crippen LogP contribution < -0.4 is 16.4 Å². The third kappa shape index (κ3) is 5.12. The number of thiophene rings is 1. The monoisotopic (exact) mass is 509 g/mol. The number of hydrogen-bond acceptors (Lipinski definition) is 8. The van der Waals surface area contributed by atoms with E-state index in [1.807, 2.05) is 36.4 Å². The van der Waals surface area contributed by atoms with Crippen LogP contribution in [0, 0.1) is 6.92 Å². The number of aryl methyl sites for hydroxylation is 1.